The van der Waals surface area contributed by atoms with Gasteiger partial charge >= 0.3 is 5.97 Å². The maximum absolute atomic E-state index is 12.9. The zero-order valence-electron chi connectivity index (χ0n) is 15.2. The highest BCUT2D eigenvalue weighted by Gasteiger charge is 2.36. The second-order valence-electron chi connectivity index (χ2n) is 6.81. The second-order valence-corrected chi connectivity index (χ2v) is 6.81. The van der Waals surface area contributed by atoms with Gasteiger partial charge in [0.25, 0.3) is 5.91 Å². The molecule has 3 rings (SSSR count). The van der Waals surface area contributed by atoms with Gasteiger partial charge in [0, 0.05) is 25.4 Å². The third-order valence-corrected chi connectivity index (χ3v) is 4.87. The topological polar surface area (TPSA) is 68.2 Å². The molecule has 0 saturated carbocycles. The minimum atomic E-state index is -0.573. The maximum Gasteiger partial charge on any atom is 0.307 e. The number of carbonyl (C=O) groups excluding carboxylic acids is 2. The SMILES string of the molecule is CCOC(=O)C[C@H]1CCCCN1C(=O)[C@@H]1CC(Cc2ccccc2)=NO1. The zero-order chi connectivity index (χ0) is 18.4. The van der Waals surface area contributed by atoms with Gasteiger partial charge in [0.15, 0.2) is 0 Å². The van der Waals surface area contributed by atoms with E-state index in [1.54, 1.807) is 11.8 Å². The fourth-order valence-corrected chi connectivity index (χ4v) is 3.60. The Hall–Kier alpha value is -2.37. The predicted octanol–water partition coefficient (Wildman–Crippen LogP) is 2.71. The van der Waals surface area contributed by atoms with Crippen molar-refractivity contribution in [3.63, 3.8) is 0 Å². The lowest BCUT2D eigenvalue weighted by Gasteiger charge is -2.36. The summed E-state index contributed by atoms with van der Waals surface area (Å²) < 4.78 is 5.05. The number of esters is 1. The number of piperidine rings is 1. The summed E-state index contributed by atoms with van der Waals surface area (Å²) in [6.45, 7) is 2.82. The Morgan fingerprint density at radius 1 is 1.27 bits per heavy atom. The van der Waals surface area contributed by atoms with E-state index in [4.69, 9.17) is 9.57 Å². The summed E-state index contributed by atoms with van der Waals surface area (Å²) in [5.41, 5.74) is 2.04. The number of benzene rings is 1. The quantitative estimate of drug-likeness (QED) is 0.733. The van der Waals surface area contributed by atoms with Crippen LogP contribution in [0.25, 0.3) is 0 Å². The van der Waals surface area contributed by atoms with E-state index in [-0.39, 0.29) is 24.3 Å². The van der Waals surface area contributed by atoms with Crippen LogP contribution in [0.3, 0.4) is 0 Å². The summed E-state index contributed by atoms with van der Waals surface area (Å²) >= 11 is 0. The van der Waals surface area contributed by atoms with Crippen LogP contribution in [0.15, 0.2) is 35.5 Å². The van der Waals surface area contributed by atoms with Crippen molar-refractivity contribution in [2.24, 2.45) is 5.16 Å². The highest BCUT2D eigenvalue weighted by Crippen LogP contribution is 2.24. The van der Waals surface area contributed by atoms with Crippen LogP contribution < -0.4 is 0 Å². The van der Waals surface area contributed by atoms with Gasteiger partial charge in [-0.15, -0.1) is 0 Å². The summed E-state index contributed by atoms with van der Waals surface area (Å²) in [7, 11) is 0. The van der Waals surface area contributed by atoms with E-state index in [9.17, 15) is 9.59 Å². The van der Waals surface area contributed by atoms with Crippen molar-refractivity contribution in [1.29, 1.82) is 0 Å². The molecule has 0 bridgehead atoms. The molecule has 6 heteroatoms. The molecule has 140 valence electrons. The summed E-state index contributed by atoms with van der Waals surface area (Å²) in [5, 5.41) is 4.12. The van der Waals surface area contributed by atoms with Crippen molar-refractivity contribution in [3.05, 3.63) is 35.9 Å². The number of likely N-dealkylation sites (tertiary alicyclic amines) is 1. The summed E-state index contributed by atoms with van der Waals surface area (Å²) in [5.74, 6) is -0.309. The molecule has 2 aliphatic heterocycles. The fourth-order valence-electron chi connectivity index (χ4n) is 3.60. The van der Waals surface area contributed by atoms with Crippen LogP contribution in [-0.4, -0.2) is 47.8 Å². The van der Waals surface area contributed by atoms with Crippen LogP contribution in [0, 0.1) is 0 Å². The Bertz CT molecular complexity index is 659. The molecule has 0 spiro atoms. The molecule has 0 aliphatic carbocycles. The number of ether oxygens (including phenoxy) is 1. The van der Waals surface area contributed by atoms with Crippen molar-refractivity contribution in [2.45, 2.75) is 57.6 Å². The smallest absolute Gasteiger partial charge is 0.307 e. The van der Waals surface area contributed by atoms with Gasteiger partial charge in [-0.2, -0.15) is 0 Å². The molecule has 2 aliphatic rings. The molecule has 1 aromatic rings. The number of amides is 1. The number of hydrogen-bond acceptors (Lipinski definition) is 5. The second kappa shape index (κ2) is 8.83. The zero-order valence-corrected chi connectivity index (χ0v) is 15.2. The lowest BCUT2D eigenvalue weighted by Crippen LogP contribution is -2.49. The molecular weight excluding hydrogens is 332 g/mol. The molecule has 1 saturated heterocycles. The molecule has 0 unspecified atom stereocenters. The third kappa shape index (κ3) is 4.62. The molecule has 1 aromatic carbocycles. The van der Waals surface area contributed by atoms with E-state index in [1.807, 2.05) is 30.3 Å². The van der Waals surface area contributed by atoms with Crippen LogP contribution in [-0.2, 0) is 25.6 Å². The van der Waals surface area contributed by atoms with Crippen molar-refractivity contribution in [3.8, 4) is 0 Å². The minimum absolute atomic E-state index is 0.0641. The van der Waals surface area contributed by atoms with E-state index in [0.717, 1.165) is 30.5 Å². The van der Waals surface area contributed by atoms with Crippen molar-refractivity contribution >= 4 is 17.6 Å². The first-order chi connectivity index (χ1) is 12.7. The Balaban J connectivity index is 1.57. The first-order valence-electron chi connectivity index (χ1n) is 9.39. The van der Waals surface area contributed by atoms with Crippen LogP contribution in [0.4, 0.5) is 0 Å². The minimum Gasteiger partial charge on any atom is -0.466 e. The molecule has 0 radical (unpaired) electrons. The van der Waals surface area contributed by atoms with E-state index in [0.29, 0.717) is 26.0 Å². The number of oxime groups is 1. The lowest BCUT2D eigenvalue weighted by atomic mass is 9.97. The van der Waals surface area contributed by atoms with Gasteiger partial charge in [-0.05, 0) is 31.7 Å². The van der Waals surface area contributed by atoms with Crippen LogP contribution >= 0.6 is 0 Å². The standard InChI is InChI=1S/C20H26N2O4/c1-2-25-19(23)14-17-10-6-7-11-22(17)20(24)18-13-16(21-26-18)12-15-8-4-3-5-9-15/h3-5,8-9,17-18H,2,6-7,10-14H2,1H3/t17-,18+/m1/s1. The Kier molecular flexibility index (Phi) is 6.26. The number of hydrogen-bond donors (Lipinski definition) is 0. The van der Waals surface area contributed by atoms with E-state index >= 15 is 0 Å². The van der Waals surface area contributed by atoms with Crippen LogP contribution in [0.2, 0.25) is 0 Å². The average molecular weight is 358 g/mol. The van der Waals surface area contributed by atoms with Gasteiger partial charge in [-0.25, -0.2) is 0 Å². The normalized spacial score (nSPS) is 22.5. The summed E-state index contributed by atoms with van der Waals surface area (Å²) in [6, 6.07) is 9.93. The molecular formula is C20H26N2O4. The highest BCUT2D eigenvalue weighted by atomic mass is 16.6. The van der Waals surface area contributed by atoms with Crippen LogP contribution in [0.1, 0.15) is 44.6 Å². The van der Waals surface area contributed by atoms with E-state index < -0.39 is 6.10 Å². The van der Waals surface area contributed by atoms with Gasteiger partial charge < -0.3 is 14.5 Å². The third-order valence-electron chi connectivity index (χ3n) is 4.87. The monoisotopic (exact) mass is 358 g/mol. The summed E-state index contributed by atoms with van der Waals surface area (Å²) in [4.78, 5) is 32.0. The fraction of sp³-hybridized carbons (Fsp3) is 0.550. The van der Waals surface area contributed by atoms with Gasteiger partial charge in [0.1, 0.15) is 0 Å². The van der Waals surface area contributed by atoms with E-state index in [2.05, 4.69) is 5.16 Å². The van der Waals surface area contributed by atoms with Crippen molar-refractivity contribution in [2.75, 3.05) is 13.2 Å². The molecule has 0 N–H and O–H groups in total. The first kappa shape index (κ1) is 18.4. The molecule has 2 heterocycles. The largest absolute Gasteiger partial charge is 0.466 e. The molecule has 26 heavy (non-hydrogen) atoms. The molecule has 6 nitrogen and oxygen atoms in total. The Labute approximate surface area is 154 Å². The van der Waals surface area contributed by atoms with Gasteiger partial charge in [-0.1, -0.05) is 35.5 Å². The molecule has 1 fully saturated rings. The van der Waals surface area contributed by atoms with Gasteiger partial charge in [-0.3, -0.25) is 9.59 Å². The lowest BCUT2D eigenvalue weighted by molar-refractivity contribution is -0.150. The Morgan fingerprint density at radius 3 is 2.85 bits per heavy atom. The number of nitrogens with zero attached hydrogens (tertiary/aromatic N) is 2. The predicted molar refractivity (Wildman–Crippen MR) is 97.7 cm³/mol. The maximum atomic E-state index is 12.9. The van der Waals surface area contributed by atoms with Crippen molar-refractivity contribution < 1.29 is 19.2 Å². The Morgan fingerprint density at radius 2 is 2.08 bits per heavy atom. The first-order valence-corrected chi connectivity index (χ1v) is 9.39. The van der Waals surface area contributed by atoms with Gasteiger partial charge in [0.05, 0.1) is 18.7 Å². The molecule has 0 aromatic heterocycles. The van der Waals surface area contributed by atoms with E-state index in [1.165, 1.54) is 0 Å². The van der Waals surface area contributed by atoms with Crippen molar-refractivity contribution in [1.82, 2.24) is 4.90 Å². The van der Waals surface area contributed by atoms with Crippen LogP contribution in [0.5, 0.6) is 0 Å². The number of carbonyl (C=O) groups is 2. The molecule has 2 atom stereocenters. The summed E-state index contributed by atoms with van der Waals surface area (Å²) in [6.07, 6.45) is 3.69. The molecule has 1 amide bonds. The number of rotatable bonds is 6. The average Bonchev–Trinajstić information content (AvgIpc) is 3.11. The van der Waals surface area contributed by atoms with Gasteiger partial charge in [0.2, 0.25) is 6.10 Å². The highest BCUT2D eigenvalue weighted by molar-refractivity contribution is 5.94.